The smallest absolute Gasteiger partial charge is 0.344 e. The van der Waals surface area contributed by atoms with Gasteiger partial charge in [-0.25, -0.2) is 9.78 Å². The first-order valence-electron chi connectivity index (χ1n) is 12.0. The van der Waals surface area contributed by atoms with E-state index >= 15 is 0 Å². The molecule has 0 saturated heterocycles. The van der Waals surface area contributed by atoms with Crippen LogP contribution in [0.5, 0.6) is 5.75 Å². The van der Waals surface area contributed by atoms with Gasteiger partial charge >= 0.3 is 11.7 Å². The predicted molar refractivity (Wildman–Crippen MR) is 135 cm³/mol. The molecule has 0 N–H and O–H groups in total. The topological polar surface area (TPSA) is 126 Å². The van der Waals surface area contributed by atoms with Gasteiger partial charge in [0, 0.05) is 17.5 Å². The summed E-state index contributed by atoms with van der Waals surface area (Å²) in [4.78, 5) is 40.9. The normalized spacial score (nSPS) is 14.4. The molecule has 0 aliphatic heterocycles. The Balaban J connectivity index is 1.66. The third kappa shape index (κ3) is 5.76. The Labute approximate surface area is 207 Å². The molecule has 188 valence electrons. The molecule has 0 atom stereocenters. The second kappa shape index (κ2) is 11.1. The molecule has 0 unspecified atom stereocenters. The van der Waals surface area contributed by atoms with Crippen molar-refractivity contribution in [2.75, 3.05) is 6.61 Å². The molecule has 2 aromatic carbocycles. The molecule has 1 aliphatic carbocycles. The maximum atomic E-state index is 13.3. The van der Waals surface area contributed by atoms with Crippen LogP contribution in [0, 0.1) is 10.1 Å². The fourth-order valence-corrected chi connectivity index (χ4v) is 4.31. The fourth-order valence-electron chi connectivity index (χ4n) is 4.31. The Bertz CT molecular complexity index is 1360. The number of esters is 1. The van der Waals surface area contributed by atoms with Crippen molar-refractivity contribution < 1.29 is 19.2 Å². The van der Waals surface area contributed by atoms with Crippen molar-refractivity contribution in [1.29, 1.82) is 0 Å². The van der Waals surface area contributed by atoms with E-state index in [0.717, 1.165) is 32.1 Å². The zero-order valence-electron chi connectivity index (χ0n) is 20.3. The predicted octanol–water partition coefficient (Wildman–Crippen LogP) is 4.57. The lowest BCUT2D eigenvalue weighted by molar-refractivity contribution is -0.385. The number of carbonyl (C=O) groups excluding carboxylic acids is 1. The molecule has 1 fully saturated rings. The second-order valence-corrected chi connectivity index (χ2v) is 9.00. The monoisotopic (exact) mass is 492 g/mol. The highest BCUT2D eigenvalue weighted by molar-refractivity contribution is 5.82. The van der Waals surface area contributed by atoms with Crippen molar-refractivity contribution in [3.8, 4) is 5.75 Å². The lowest BCUT2D eigenvalue weighted by Crippen LogP contribution is -2.25. The molecule has 0 bridgehead atoms. The van der Waals surface area contributed by atoms with Gasteiger partial charge in [0.15, 0.2) is 12.4 Å². The van der Waals surface area contributed by atoms with E-state index < -0.39 is 17.5 Å². The van der Waals surface area contributed by atoms with Crippen LogP contribution in [0.4, 0.5) is 5.69 Å². The van der Waals surface area contributed by atoms with Gasteiger partial charge in [0.05, 0.1) is 28.1 Å². The number of carbonyl (C=O) groups is 1. The van der Waals surface area contributed by atoms with Crippen LogP contribution in [0.25, 0.3) is 10.9 Å². The van der Waals surface area contributed by atoms with Crippen molar-refractivity contribution >= 4 is 28.8 Å². The summed E-state index contributed by atoms with van der Waals surface area (Å²) in [6.07, 6.45) is 6.22. The van der Waals surface area contributed by atoms with Gasteiger partial charge in [-0.2, -0.15) is 9.78 Å². The molecule has 1 aliphatic rings. The molecule has 4 rings (SSSR count). The minimum atomic E-state index is -0.622. The van der Waals surface area contributed by atoms with Gasteiger partial charge in [-0.05, 0) is 51.0 Å². The van der Waals surface area contributed by atoms with Crippen LogP contribution in [0.1, 0.15) is 63.3 Å². The lowest BCUT2D eigenvalue weighted by atomic mass is 9.88. The number of rotatable bonds is 8. The molecule has 10 nitrogen and oxygen atoms in total. The summed E-state index contributed by atoms with van der Waals surface area (Å²) < 4.78 is 11.6. The van der Waals surface area contributed by atoms with E-state index in [4.69, 9.17) is 14.5 Å². The van der Waals surface area contributed by atoms with E-state index in [2.05, 4.69) is 5.10 Å². The minimum absolute atomic E-state index is 0.0645. The first kappa shape index (κ1) is 25.0. The van der Waals surface area contributed by atoms with E-state index in [1.165, 1.54) is 23.0 Å². The number of aromatic nitrogens is 2. The van der Waals surface area contributed by atoms with E-state index in [-0.39, 0.29) is 29.0 Å². The number of hydrogen-bond acceptors (Lipinski definition) is 8. The van der Waals surface area contributed by atoms with E-state index in [9.17, 15) is 19.7 Å². The summed E-state index contributed by atoms with van der Waals surface area (Å²) in [6.45, 7) is 2.95. The van der Waals surface area contributed by atoms with Gasteiger partial charge < -0.3 is 9.47 Å². The first-order valence-corrected chi connectivity index (χ1v) is 12.0. The Kier molecular flexibility index (Phi) is 7.72. The summed E-state index contributed by atoms with van der Waals surface area (Å²) in [5.74, 6) is 0.0327. The number of ether oxygens (including phenoxy) is 2. The molecule has 0 spiro atoms. The van der Waals surface area contributed by atoms with Crippen molar-refractivity contribution in [2.24, 2.45) is 5.10 Å². The third-order valence-corrected chi connectivity index (χ3v) is 5.96. The third-order valence-electron chi connectivity index (χ3n) is 5.96. The van der Waals surface area contributed by atoms with Gasteiger partial charge in [0.1, 0.15) is 5.82 Å². The van der Waals surface area contributed by atoms with Gasteiger partial charge in [0.2, 0.25) is 0 Å². The molecule has 1 heterocycles. The number of nitro groups is 1. The highest BCUT2D eigenvalue weighted by atomic mass is 16.6. The quantitative estimate of drug-likeness (QED) is 0.195. The maximum absolute atomic E-state index is 13.3. The van der Waals surface area contributed by atoms with Crippen LogP contribution in [0.15, 0.2) is 52.4 Å². The molecular formula is C26H28N4O6. The number of hydrogen-bond donors (Lipinski definition) is 0. The second-order valence-electron chi connectivity index (χ2n) is 9.00. The van der Waals surface area contributed by atoms with E-state index in [0.29, 0.717) is 22.3 Å². The molecule has 1 saturated carbocycles. The Hall–Kier alpha value is -4.08. The average molecular weight is 493 g/mol. The van der Waals surface area contributed by atoms with Crippen LogP contribution in [-0.4, -0.2) is 39.5 Å². The number of benzene rings is 2. The molecule has 3 aromatic rings. The van der Waals surface area contributed by atoms with E-state index in [1.54, 1.807) is 32.0 Å². The zero-order chi connectivity index (χ0) is 25.7. The van der Waals surface area contributed by atoms with Gasteiger partial charge in [-0.15, -0.1) is 0 Å². The lowest BCUT2D eigenvalue weighted by Gasteiger charge is -2.22. The molecular weight excluding hydrogens is 464 g/mol. The molecule has 1 aromatic heterocycles. The molecule has 0 radical (unpaired) electrons. The average Bonchev–Trinajstić information content (AvgIpc) is 2.87. The molecule has 0 amide bonds. The summed E-state index contributed by atoms with van der Waals surface area (Å²) in [6, 6.07) is 11.4. The van der Waals surface area contributed by atoms with Crippen molar-refractivity contribution in [2.45, 2.75) is 58.0 Å². The number of nitro benzene ring substituents is 1. The number of fused-ring (bicyclic) bond motifs is 1. The Morgan fingerprint density at radius 1 is 1.22 bits per heavy atom. The van der Waals surface area contributed by atoms with Crippen molar-refractivity contribution in [3.05, 3.63) is 74.3 Å². The fraction of sp³-hybridized carbons (Fsp3) is 0.385. The van der Waals surface area contributed by atoms with Crippen LogP contribution in [-0.2, 0) is 9.53 Å². The van der Waals surface area contributed by atoms with Crippen LogP contribution in [0.2, 0.25) is 0 Å². The Morgan fingerprint density at radius 3 is 2.69 bits per heavy atom. The summed E-state index contributed by atoms with van der Waals surface area (Å²) in [7, 11) is 0. The van der Waals surface area contributed by atoms with Crippen LogP contribution >= 0.6 is 0 Å². The highest BCUT2D eigenvalue weighted by Gasteiger charge is 2.23. The van der Waals surface area contributed by atoms with Crippen molar-refractivity contribution in [1.82, 2.24) is 9.66 Å². The van der Waals surface area contributed by atoms with Gasteiger partial charge in [-0.1, -0.05) is 31.4 Å². The van der Waals surface area contributed by atoms with Gasteiger partial charge in [-0.3, -0.25) is 14.9 Å². The number of nitrogens with zero attached hydrogens (tertiary/aromatic N) is 4. The summed E-state index contributed by atoms with van der Waals surface area (Å²) in [5.41, 5.74) is 0.416. The largest absolute Gasteiger partial charge is 0.475 e. The van der Waals surface area contributed by atoms with E-state index in [1.807, 2.05) is 12.1 Å². The van der Waals surface area contributed by atoms with Gasteiger partial charge in [0.25, 0.3) is 5.56 Å². The minimum Gasteiger partial charge on any atom is -0.475 e. The van der Waals surface area contributed by atoms with Crippen molar-refractivity contribution in [3.63, 3.8) is 0 Å². The van der Waals surface area contributed by atoms with Crippen LogP contribution in [0.3, 0.4) is 0 Å². The maximum Gasteiger partial charge on any atom is 0.344 e. The first-order chi connectivity index (χ1) is 17.3. The molecule has 10 heteroatoms. The standard InChI is InChI=1S/C26H28N4O6/c1-17(2)36-24(31)16-35-23-13-12-18(14-22(23)30(33)34)15-27-29-25(19-8-4-3-5-9-19)28-21-11-7-6-10-20(21)26(29)32/h6-7,10-15,17,19H,3-5,8-9,16H2,1-2H3. The Morgan fingerprint density at radius 2 is 1.97 bits per heavy atom. The SMILES string of the molecule is CC(C)OC(=O)COc1ccc(C=Nn2c(C3CCCCC3)nc3ccccc3c2=O)cc1[N+](=O)[O-]. The summed E-state index contributed by atoms with van der Waals surface area (Å²) >= 11 is 0. The zero-order valence-corrected chi connectivity index (χ0v) is 20.3. The van der Waals surface area contributed by atoms with Crippen LogP contribution < -0.4 is 10.3 Å². The molecule has 36 heavy (non-hydrogen) atoms. The summed E-state index contributed by atoms with van der Waals surface area (Å²) in [5, 5.41) is 16.5. The highest BCUT2D eigenvalue weighted by Crippen LogP contribution is 2.32. The number of para-hydroxylation sites is 1.